The molecule has 0 amide bonds. The highest BCUT2D eigenvalue weighted by Crippen LogP contribution is 2.67. The van der Waals surface area contributed by atoms with Gasteiger partial charge in [-0.1, -0.05) is 20.8 Å². The van der Waals surface area contributed by atoms with Gasteiger partial charge in [-0.2, -0.15) is 0 Å². The Morgan fingerprint density at radius 3 is 2.37 bits per heavy atom. The third kappa shape index (κ3) is 4.95. The maximum Gasteiger partial charge on any atom is 0.302 e. The monoisotopic (exact) mass is 494 g/mol. The molecular weight excluding hydrogens is 448 g/mol. The van der Waals surface area contributed by atoms with Crippen LogP contribution in [0.3, 0.4) is 0 Å². The molecule has 0 aliphatic heterocycles. The first kappa shape index (κ1) is 27.0. The van der Waals surface area contributed by atoms with Crippen LogP contribution in [0.25, 0.3) is 0 Å². The zero-order valence-corrected chi connectivity index (χ0v) is 22.5. The van der Waals surface area contributed by atoms with E-state index in [0.717, 1.165) is 38.5 Å². The predicted molar refractivity (Wildman–Crippen MR) is 130 cm³/mol. The minimum Gasteiger partial charge on any atom is -0.466 e. The third-order valence-corrected chi connectivity index (χ3v) is 10.5. The molecule has 35 heavy (non-hydrogen) atoms. The van der Waals surface area contributed by atoms with Gasteiger partial charge in [-0.25, -0.2) is 0 Å². The largest absolute Gasteiger partial charge is 0.466 e. The van der Waals surface area contributed by atoms with Gasteiger partial charge in [0.15, 0.2) is 0 Å². The zero-order chi connectivity index (χ0) is 25.4. The van der Waals surface area contributed by atoms with Crippen molar-refractivity contribution in [3.8, 4) is 0 Å². The van der Waals surface area contributed by atoms with Crippen LogP contribution < -0.4 is 0 Å². The van der Waals surface area contributed by atoms with E-state index in [0.29, 0.717) is 43.4 Å². The molecule has 0 heterocycles. The maximum absolute atomic E-state index is 13.7. The summed E-state index contributed by atoms with van der Waals surface area (Å²) in [7, 11) is 3.34. The van der Waals surface area contributed by atoms with Crippen LogP contribution in [0.4, 0.5) is 0 Å². The Hall–Kier alpha value is -1.02. The summed E-state index contributed by atoms with van der Waals surface area (Å²) in [6, 6.07) is 0. The Morgan fingerprint density at radius 2 is 1.69 bits per heavy atom. The van der Waals surface area contributed by atoms with Gasteiger partial charge in [0.2, 0.25) is 0 Å². The van der Waals surface area contributed by atoms with E-state index in [2.05, 4.69) is 20.8 Å². The van der Waals surface area contributed by atoms with Gasteiger partial charge in [-0.05, 0) is 78.9 Å². The second-order valence-electron chi connectivity index (χ2n) is 12.3. The summed E-state index contributed by atoms with van der Waals surface area (Å²) < 4.78 is 28.2. The van der Waals surface area contributed by atoms with Gasteiger partial charge in [0.05, 0.1) is 18.8 Å². The van der Waals surface area contributed by atoms with Gasteiger partial charge in [0, 0.05) is 33.5 Å². The highest BCUT2D eigenvalue weighted by Gasteiger charge is 2.65. The minimum atomic E-state index is -0.249. The van der Waals surface area contributed by atoms with Gasteiger partial charge in [0.1, 0.15) is 19.4 Å². The standard InChI is InChI=1S/C28H46O7/c1-17(14-33-18(2)29)22-13-24(30)26-20-12-25(35-16-32-6)23-11-19(34-15-31-5)7-9-27(23,3)21(20)8-10-28(22,26)4/h17,19-23,25-26H,7-16H2,1-6H3/t17-,19+,20-,21+,22-,23-,25+,26-,27-,28-/m1/s1. The van der Waals surface area contributed by atoms with Crippen LogP contribution in [0.5, 0.6) is 0 Å². The Labute approximate surface area is 210 Å². The Bertz CT molecular complexity index is 770. The molecule has 0 aromatic carbocycles. The van der Waals surface area contributed by atoms with Crippen LogP contribution in [0, 0.1) is 46.3 Å². The summed E-state index contributed by atoms with van der Waals surface area (Å²) in [6.45, 7) is 9.38. The number of fused-ring (bicyclic) bond motifs is 5. The van der Waals surface area contributed by atoms with Gasteiger partial charge in [0.25, 0.3) is 0 Å². The van der Waals surface area contributed by atoms with E-state index < -0.39 is 0 Å². The third-order valence-electron chi connectivity index (χ3n) is 10.5. The highest BCUT2D eigenvalue weighted by molar-refractivity contribution is 5.85. The van der Waals surface area contributed by atoms with Crippen molar-refractivity contribution in [2.24, 2.45) is 46.3 Å². The zero-order valence-electron chi connectivity index (χ0n) is 22.5. The first-order valence-electron chi connectivity index (χ1n) is 13.5. The number of ether oxygens (including phenoxy) is 5. The number of ketones is 1. The average Bonchev–Trinajstić information content (AvgIpc) is 3.10. The van der Waals surface area contributed by atoms with Gasteiger partial charge >= 0.3 is 5.97 Å². The van der Waals surface area contributed by atoms with E-state index in [1.807, 2.05) is 0 Å². The Morgan fingerprint density at radius 1 is 1.00 bits per heavy atom. The second kappa shape index (κ2) is 10.8. The quantitative estimate of drug-likeness (QED) is 0.342. The lowest BCUT2D eigenvalue weighted by atomic mass is 9.43. The molecule has 0 unspecified atom stereocenters. The lowest BCUT2D eigenvalue weighted by Gasteiger charge is -2.62. The molecule has 4 aliphatic rings. The molecule has 0 radical (unpaired) electrons. The van der Waals surface area contributed by atoms with Crippen LogP contribution in [0.1, 0.15) is 72.6 Å². The molecule has 0 bridgehead atoms. The molecule has 4 saturated carbocycles. The van der Waals surface area contributed by atoms with Gasteiger partial charge in [-0.15, -0.1) is 0 Å². The molecule has 4 aliphatic carbocycles. The van der Waals surface area contributed by atoms with Crippen LogP contribution in [-0.4, -0.2) is 58.4 Å². The van der Waals surface area contributed by atoms with Crippen molar-refractivity contribution in [1.82, 2.24) is 0 Å². The molecule has 0 saturated heterocycles. The Balaban J connectivity index is 1.59. The first-order valence-corrected chi connectivity index (χ1v) is 13.5. The number of carbonyl (C=O) groups is 2. The summed E-state index contributed by atoms with van der Waals surface area (Å²) in [4.78, 5) is 25.1. The van der Waals surface area contributed by atoms with E-state index in [1.165, 1.54) is 6.92 Å². The van der Waals surface area contributed by atoms with Crippen LogP contribution in [0.2, 0.25) is 0 Å². The number of esters is 1. The first-order chi connectivity index (χ1) is 16.7. The highest BCUT2D eigenvalue weighted by atomic mass is 16.7. The summed E-state index contributed by atoms with van der Waals surface area (Å²) in [5.41, 5.74) is 0.0723. The number of hydrogen-bond acceptors (Lipinski definition) is 7. The van der Waals surface area contributed by atoms with Crippen LogP contribution >= 0.6 is 0 Å². The molecule has 0 aromatic heterocycles. The lowest BCUT2D eigenvalue weighted by Crippen LogP contribution is -2.59. The Kier molecular flexibility index (Phi) is 8.31. The SMILES string of the molecule is COCO[C@H]1CC[C@@]2(C)[C@H](C1)[C@@H](OCOC)C[C@@H]1[C@@H]2CC[C@]2(C)[C@@H]([C@H](C)COC(C)=O)CC(=O)[C@@H]12. The summed E-state index contributed by atoms with van der Waals surface area (Å²) >= 11 is 0. The fourth-order valence-electron chi connectivity index (χ4n) is 8.94. The van der Waals surface area contributed by atoms with E-state index in [9.17, 15) is 9.59 Å². The smallest absolute Gasteiger partial charge is 0.302 e. The van der Waals surface area contributed by atoms with Crippen molar-refractivity contribution in [3.63, 3.8) is 0 Å². The number of methoxy groups -OCH3 is 2. The topological polar surface area (TPSA) is 80.3 Å². The molecule has 0 N–H and O–H groups in total. The van der Waals surface area contributed by atoms with E-state index in [4.69, 9.17) is 23.7 Å². The minimum absolute atomic E-state index is 0.0500. The average molecular weight is 495 g/mol. The molecule has 7 nitrogen and oxygen atoms in total. The number of carbonyl (C=O) groups excluding carboxylic acids is 2. The molecule has 7 heteroatoms. The van der Waals surface area contributed by atoms with Crippen molar-refractivity contribution < 1.29 is 33.3 Å². The maximum atomic E-state index is 13.7. The van der Waals surface area contributed by atoms with Crippen molar-refractivity contribution in [2.75, 3.05) is 34.4 Å². The predicted octanol–water partition coefficient (Wildman–Crippen LogP) is 4.61. The molecule has 10 atom stereocenters. The molecular formula is C28H46O7. The van der Waals surface area contributed by atoms with Crippen molar-refractivity contribution >= 4 is 11.8 Å². The molecule has 0 spiro atoms. The van der Waals surface area contributed by atoms with Crippen molar-refractivity contribution in [1.29, 1.82) is 0 Å². The summed E-state index contributed by atoms with van der Waals surface area (Å²) in [5.74, 6) is 1.87. The van der Waals surface area contributed by atoms with Crippen LogP contribution in [-0.2, 0) is 33.3 Å². The lowest BCUT2D eigenvalue weighted by molar-refractivity contribution is -0.213. The van der Waals surface area contributed by atoms with Crippen LogP contribution in [0.15, 0.2) is 0 Å². The van der Waals surface area contributed by atoms with Crippen molar-refractivity contribution in [3.05, 3.63) is 0 Å². The van der Waals surface area contributed by atoms with Gasteiger partial charge < -0.3 is 23.7 Å². The van der Waals surface area contributed by atoms with E-state index in [-0.39, 0.29) is 53.6 Å². The second-order valence-corrected chi connectivity index (χ2v) is 12.3. The molecule has 0 aromatic rings. The van der Waals surface area contributed by atoms with E-state index >= 15 is 0 Å². The van der Waals surface area contributed by atoms with Crippen molar-refractivity contribution in [2.45, 2.75) is 84.8 Å². The van der Waals surface area contributed by atoms with Gasteiger partial charge in [-0.3, -0.25) is 9.59 Å². The molecule has 4 rings (SSSR count). The number of Topliss-reactive ketones (excluding diaryl/α,β-unsaturated/α-hetero) is 1. The molecule has 200 valence electrons. The fraction of sp³-hybridized carbons (Fsp3) is 0.929. The summed E-state index contributed by atoms with van der Waals surface area (Å²) in [6.07, 6.45) is 7.04. The number of hydrogen-bond donors (Lipinski definition) is 0. The normalized spacial score (nSPS) is 43.7. The van der Waals surface area contributed by atoms with E-state index in [1.54, 1.807) is 14.2 Å². The molecule has 4 fully saturated rings. The fourth-order valence-corrected chi connectivity index (χ4v) is 8.94. The summed E-state index contributed by atoms with van der Waals surface area (Å²) in [5, 5.41) is 0. The number of rotatable bonds is 9.